The molecule has 1 aliphatic rings. The third-order valence-corrected chi connectivity index (χ3v) is 6.71. The molecule has 6 nitrogen and oxygen atoms in total. The van der Waals surface area contributed by atoms with Gasteiger partial charge in [0.05, 0.1) is 36.6 Å². The van der Waals surface area contributed by atoms with Crippen LogP contribution in [0.1, 0.15) is 34.0 Å². The molecular weight excluding hydrogens is 522 g/mol. The summed E-state index contributed by atoms with van der Waals surface area (Å²) in [6, 6.07) is 19.7. The van der Waals surface area contributed by atoms with Crippen LogP contribution in [0.3, 0.4) is 0 Å². The minimum Gasteiger partial charge on any atom is -0.327 e. The van der Waals surface area contributed by atoms with E-state index in [9.17, 15) is 22.4 Å². The second-order valence-electron chi connectivity index (χ2n) is 9.67. The molecule has 1 amide bonds. The standard InChI is InChI=1S/C30H27F4N5O/c31-24-14-12-23(13-15-24)18-39-28(26-9-4-5-10-27(26)30(32,33)34)11-6-16-37(21-29(39)40)19-25-20-38(36-35-25)17-22-7-2-1-3-8-22/h1-15,20,28H,16-19,21H2/b11-6-. The summed E-state index contributed by atoms with van der Waals surface area (Å²) in [6.07, 6.45) is 0.633. The molecule has 2 heterocycles. The molecule has 3 aromatic carbocycles. The molecular formula is C30H27F4N5O. The molecule has 1 aliphatic heterocycles. The number of carbonyl (C=O) groups is 1. The molecule has 0 aliphatic carbocycles. The van der Waals surface area contributed by atoms with Crippen LogP contribution in [0.25, 0.3) is 0 Å². The zero-order valence-electron chi connectivity index (χ0n) is 21.5. The topological polar surface area (TPSA) is 54.3 Å². The second kappa shape index (κ2) is 11.8. The largest absolute Gasteiger partial charge is 0.416 e. The van der Waals surface area contributed by atoms with E-state index in [0.29, 0.717) is 30.9 Å². The minimum atomic E-state index is -4.59. The maximum absolute atomic E-state index is 13.9. The number of carbonyl (C=O) groups excluding carboxylic acids is 1. The normalized spacial score (nSPS) is 17.4. The molecule has 4 aromatic rings. The van der Waals surface area contributed by atoms with Crippen LogP contribution in [0.4, 0.5) is 17.6 Å². The van der Waals surface area contributed by atoms with Crippen LogP contribution in [-0.2, 0) is 30.6 Å². The first-order chi connectivity index (χ1) is 19.3. The molecule has 0 N–H and O–H groups in total. The van der Waals surface area contributed by atoms with E-state index in [-0.39, 0.29) is 24.6 Å². The van der Waals surface area contributed by atoms with Crippen LogP contribution in [0, 0.1) is 5.82 Å². The van der Waals surface area contributed by atoms with Crippen molar-refractivity contribution in [2.75, 3.05) is 13.1 Å². The van der Waals surface area contributed by atoms with Crippen LogP contribution >= 0.6 is 0 Å². The lowest BCUT2D eigenvalue weighted by molar-refractivity contribution is -0.141. The smallest absolute Gasteiger partial charge is 0.327 e. The summed E-state index contributed by atoms with van der Waals surface area (Å²) < 4.78 is 57.0. The monoisotopic (exact) mass is 549 g/mol. The van der Waals surface area contributed by atoms with Gasteiger partial charge in [-0.25, -0.2) is 9.07 Å². The predicted molar refractivity (Wildman–Crippen MR) is 141 cm³/mol. The van der Waals surface area contributed by atoms with Gasteiger partial charge in [0.1, 0.15) is 5.82 Å². The lowest BCUT2D eigenvalue weighted by Gasteiger charge is -2.35. The Morgan fingerprint density at radius 2 is 1.55 bits per heavy atom. The van der Waals surface area contributed by atoms with Crippen molar-refractivity contribution in [3.63, 3.8) is 0 Å². The molecule has 5 rings (SSSR count). The average molecular weight is 550 g/mol. The minimum absolute atomic E-state index is 0.0148. The summed E-state index contributed by atoms with van der Waals surface area (Å²) in [7, 11) is 0. The molecule has 0 saturated heterocycles. The van der Waals surface area contributed by atoms with Gasteiger partial charge in [0.2, 0.25) is 5.91 Å². The Morgan fingerprint density at radius 1 is 0.850 bits per heavy atom. The molecule has 0 radical (unpaired) electrons. The highest BCUT2D eigenvalue weighted by Crippen LogP contribution is 2.37. The van der Waals surface area contributed by atoms with Gasteiger partial charge in [0.15, 0.2) is 0 Å². The summed E-state index contributed by atoms with van der Waals surface area (Å²) in [5.74, 6) is -0.791. The molecule has 1 atom stereocenters. The van der Waals surface area contributed by atoms with E-state index < -0.39 is 23.6 Å². The third-order valence-electron chi connectivity index (χ3n) is 6.71. The van der Waals surface area contributed by atoms with E-state index in [4.69, 9.17) is 0 Å². The molecule has 1 unspecified atom stereocenters. The van der Waals surface area contributed by atoms with Crippen molar-refractivity contribution in [2.45, 2.75) is 31.9 Å². The highest BCUT2D eigenvalue weighted by molar-refractivity contribution is 5.79. The van der Waals surface area contributed by atoms with Gasteiger partial charge < -0.3 is 4.90 Å². The van der Waals surface area contributed by atoms with Crippen LogP contribution in [0.5, 0.6) is 0 Å². The van der Waals surface area contributed by atoms with Crippen LogP contribution in [0.15, 0.2) is 97.2 Å². The van der Waals surface area contributed by atoms with Crippen molar-refractivity contribution >= 4 is 5.91 Å². The van der Waals surface area contributed by atoms with Crippen molar-refractivity contribution in [2.24, 2.45) is 0 Å². The molecule has 0 saturated carbocycles. The maximum atomic E-state index is 13.9. The lowest BCUT2D eigenvalue weighted by atomic mass is 9.96. The fraction of sp³-hybridized carbons (Fsp3) is 0.233. The predicted octanol–water partition coefficient (Wildman–Crippen LogP) is 5.63. The van der Waals surface area contributed by atoms with Gasteiger partial charge in [-0.1, -0.05) is 78.0 Å². The third kappa shape index (κ3) is 6.63. The number of halogens is 4. The first-order valence-electron chi connectivity index (χ1n) is 12.8. The van der Waals surface area contributed by atoms with Crippen molar-refractivity contribution in [3.05, 3.63) is 131 Å². The Labute approximate surface area is 229 Å². The molecule has 0 spiro atoms. The molecule has 0 bridgehead atoms. The summed E-state index contributed by atoms with van der Waals surface area (Å²) in [4.78, 5) is 17.0. The van der Waals surface area contributed by atoms with Gasteiger partial charge in [0, 0.05) is 19.6 Å². The van der Waals surface area contributed by atoms with Gasteiger partial charge in [-0.3, -0.25) is 9.69 Å². The van der Waals surface area contributed by atoms with Crippen molar-refractivity contribution < 1.29 is 22.4 Å². The number of amides is 1. The fourth-order valence-corrected chi connectivity index (χ4v) is 4.81. The van der Waals surface area contributed by atoms with Gasteiger partial charge in [0.25, 0.3) is 0 Å². The van der Waals surface area contributed by atoms with E-state index >= 15 is 0 Å². The number of hydrogen-bond acceptors (Lipinski definition) is 4. The molecule has 10 heteroatoms. The second-order valence-corrected chi connectivity index (χ2v) is 9.67. The highest BCUT2D eigenvalue weighted by Gasteiger charge is 2.37. The summed E-state index contributed by atoms with van der Waals surface area (Å²) in [5.41, 5.74) is 1.54. The highest BCUT2D eigenvalue weighted by atomic mass is 19.4. The van der Waals surface area contributed by atoms with Crippen molar-refractivity contribution in [1.29, 1.82) is 0 Å². The van der Waals surface area contributed by atoms with Gasteiger partial charge in [-0.2, -0.15) is 13.2 Å². The van der Waals surface area contributed by atoms with E-state index in [2.05, 4.69) is 10.3 Å². The van der Waals surface area contributed by atoms with Crippen molar-refractivity contribution in [3.8, 4) is 0 Å². The number of alkyl halides is 3. The van der Waals surface area contributed by atoms with E-state index in [1.165, 1.54) is 47.4 Å². The SMILES string of the molecule is O=C1CN(Cc2cn(Cc3ccccc3)nn2)C/C=C\C(c2ccccc2C(F)(F)F)N1Cc1ccc(F)cc1. The number of nitrogens with zero attached hydrogens (tertiary/aromatic N) is 5. The summed E-state index contributed by atoms with van der Waals surface area (Å²) in [5, 5.41) is 8.43. The summed E-state index contributed by atoms with van der Waals surface area (Å²) in [6.45, 7) is 1.20. The molecule has 40 heavy (non-hydrogen) atoms. The number of hydrogen-bond donors (Lipinski definition) is 0. The Hall–Kier alpha value is -4.31. The quantitative estimate of drug-likeness (QED) is 0.222. The van der Waals surface area contributed by atoms with Gasteiger partial charge >= 0.3 is 6.18 Å². The molecule has 1 aromatic heterocycles. The van der Waals surface area contributed by atoms with Gasteiger partial charge in [-0.15, -0.1) is 5.10 Å². The van der Waals surface area contributed by atoms with Crippen LogP contribution in [0.2, 0.25) is 0 Å². The average Bonchev–Trinajstić information content (AvgIpc) is 3.36. The van der Waals surface area contributed by atoms with E-state index in [1.54, 1.807) is 16.8 Å². The first kappa shape index (κ1) is 27.3. The van der Waals surface area contributed by atoms with Gasteiger partial charge in [-0.05, 0) is 34.9 Å². The summed E-state index contributed by atoms with van der Waals surface area (Å²) >= 11 is 0. The Bertz CT molecular complexity index is 1470. The molecule has 0 fully saturated rings. The number of benzene rings is 3. The first-order valence-corrected chi connectivity index (χ1v) is 12.8. The number of aromatic nitrogens is 3. The Balaban J connectivity index is 1.40. The van der Waals surface area contributed by atoms with Crippen molar-refractivity contribution in [1.82, 2.24) is 24.8 Å². The Kier molecular flexibility index (Phi) is 8.06. The van der Waals surface area contributed by atoms with Crippen LogP contribution in [-0.4, -0.2) is 43.8 Å². The zero-order valence-corrected chi connectivity index (χ0v) is 21.5. The molecule has 206 valence electrons. The fourth-order valence-electron chi connectivity index (χ4n) is 4.81. The van der Waals surface area contributed by atoms with E-state index in [0.717, 1.165) is 11.6 Å². The Morgan fingerprint density at radius 3 is 2.30 bits per heavy atom. The van der Waals surface area contributed by atoms with Crippen LogP contribution < -0.4 is 0 Å². The number of rotatable bonds is 7. The van der Waals surface area contributed by atoms with E-state index in [1.807, 2.05) is 41.4 Å². The lowest BCUT2D eigenvalue weighted by Crippen LogP contribution is -2.43. The maximum Gasteiger partial charge on any atom is 0.416 e. The zero-order chi connectivity index (χ0) is 28.1.